The zero-order valence-electron chi connectivity index (χ0n) is 11.6. The molecule has 3 heteroatoms. The fourth-order valence-electron chi connectivity index (χ4n) is 2.31. The van der Waals surface area contributed by atoms with Gasteiger partial charge in [0.05, 0.1) is 0 Å². The molecule has 0 aliphatic rings. The lowest BCUT2D eigenvalue weighted by molar-refractivity contribution is 0.506. The minimum Gasteiger partial charge on any atom is -0.330 e. The fourth-order valence-corrected chi connectivity index (χ4v) is 2.31. The maximum atomic E-state index is 13.7. The largest absolute Gasteiger partial charge is 0.330 e. The van der Waals surface area contributed by atoms with Crippen LogP contribution in [0.2, 0.25) is 0 Å². The lowest BCUT2D eigenvalue weighted by atomic mass is 9.92. The molecule has 0 saturated carbocycles. The molecule has 2 N–H and O–H groups in total. The van der Waals surface area contributed by atoms with E-state index >= 15 is 0 Å². The Morgan fingerprint density at radius 3 is 2.35 bits per heavy atom. The van der Waals surface area contributed by atoms with E-state index in [0.717, 1.165) is 12.5 Å². The van der Waals surface area contributed by atoms with E-state index in [1.807, 2.05) is 19.1 Å². The molecule has 0 fully saturated rings. The van der Waals surface area contributed by atoms with Crippen LogP contribution in [-0.4, -0.2) is 6.54 Å². The van der Waals surface area contributed by atoms with Gasteiger partial charge in [-0.25, -0.2) is 8.78 Å². The van der Waals surface area contributed by atoms with Crippen LogP contribution in [0, 0.1) is 24.5 Å². The second kappa shape index (κ2) is 6.62. The molecule has 1 nitrogen and oxygen atoms in total. The van der Waals surface area contributed by atoms with Gasteiger partial charge in [-0.1, -0.05) is 29.8 Å². The van der Waals surface area contributed by atoms with Gasteiger partial charge in [-0.05, 0) is 61.6 Å². The van der Waals surface area contributed by atoms with Crippen LogP contribution in [0.5, 0.6) is 0 Å². The summed E-state index contributed by atoms with van der Waals surface area (Å²) in [6.45, 7) is 2.48. The first-order valence-corrected chi connectivity index (χ1v) is 6.78. The number of nitrogens with two attached hydrogens (primary N) is 1. The summed E-state index contributed by atoms with van der Waals surface area (Å²) >= 11 is 0. The Bertz CT molecular complexity index is 564. The molecule has 106 valence electrons. The van der Waals surface area contributed by atoms with Crippen LogP contribution in [0.1, 0.15) is 16.7 Å². The van der Waals surface area contributed by atoms with Crippen LogP contribution in [0.4, 0.5) is 8.78 Å². The Morgan fingerprint density at radius 2 is 1.70 bits per heavy atom. The Labute approximate surface area is 118 Å². The maximum absolute atomic E-state index is 13.7. The molecule has 0 aromatic heterocycles. The van der Waals surface area contributed by atoms with E-state index in [-0.39, 0.29) is 11.7 Å². The quantitative estimate of drug-likeness (QED) is 0.886. The molecular weight excluding hydrogens is 256 g/mol. The predicted molar refractivity (Wildman–Crippen MR) is 77.5 cm³/mol. The fraction of sp³-hybridized carbons (Fsp3) is 0.294. The van der Waals surface area contributed by atoms with E-state index < -0.39 is 5.82 Å². The summed E-state index contributed by atoms with van der Waals surface area (Å²) in [5.41, 5.74) is 8.54. The third-order valence-electron chi connectivity index (χ3n) is 3.49. The predicted octanol–water partition coefficient (Wildman–Crippen LogP) is 3.63. The van der Waals surface area contributed by atoms with E-state index in [0.29, 0.717) is 18.5 Å². The molecular formula is C17H19F2N. The SMILES string of the molecule is Cc1ccc(CC(CN)Cc2cc(F)ccc2F)cc1. The van der Waals surface area contributed by atoms with E-state index in [1.54, 1.807) is 0 Å². The normalized spacial score (nSPS) is 12.4. The molecule has 0 bridgehead atoms. The summed E-state index contributed by atoms with van der Waals surface area (Å²) in [5.74, 6) is -0.671. The van der Waals surface area contributed by atoms with E-state index in [2.05, 4.69) is 12.1 Å². The van der Waals surface area contributed by atoms with Crippen molar-refractivity contribution in [2.45, 2.75) is 19.8 Å². The van der Waals surface area contributed by atoms with Crippen molar-refractivity contribution in [1.82, 2.24) is 0 Å². The Hall–Kier alpha value is -1.74. The molecule has 0 heterocycles. The molecule has 2 aromatic carbocycles. The van der Waals surface area contributed by atoms with Crippen LogP contribution >= 0.6 is 0 Å². The lowest BCUT2D eigenvalue weighted by Crippen LogP contribution is -2.20. The molecule has 0 radical (unpaired) electrons. The maximum Gasteiger partial charge on any atom is 0.126 e. The van der Waals surface area contributed by atoms with Crippen LogP contribution in [-0.2, 0) is 12.8 Å². The number of benzene rings is 2. The van der Waals surface area contributed by atoms with Gasteiger partial charge in [0.25, 0.3) is 0 Å². The Balaban J connectivity index is 2.08. The van der Waals surface area contributed by atoms with Gasteiger partial charge < -0.3 is 5.73 Å². The summed E-state index contributed by atoms with van der Waals surface area (Å²) < 4.78 is 26.8. The highest BCUT2D eigenvalue weighted by molar-refractivity contribution is 5.23. The summed E-state index contributed by atoms with van der Waals surface area (Å²) in [6, 6.07) is 11.8. The van der Waals surface area contributed by atoms with E-state index in [9.17, 15) is 8.78 Å². The minimum atomic E-state index is -0.410. The molecule has 0 aliphatic carbocycles. The van der Waals surface area contributed by atoms with Crippen LogP contribution in [0.3, 0.4) is 0 Å². The standard InChI is InChI=1S/C17H19F2N/c1-12-2-4-13(5-3-12)8-14(11-20)9-15-10-16(18)6-7-17(15)19/h2-7,10,14H,8-9,11,20H2,1H3. The third kappa shape index (κ3) is 3.87. The smallest absolute Gasteiger partial charge is 0.126 e. The molecule has 20 heavy (non-hydrogen) atoms. The summed E-state index contributed by atoms with van der Waals surface area (Å²) in [7, 11) is 0. The van der Waals surface area contributed by atoms with Crippen molar-refractivity contribution in [2.24, 2.45) is 11.7 Å². The van der Waals surface area contributed by atoms with Gasteiger partial charge in [0.1, 0.15) is 11.6 Å². The molecule has 2 rings (SSSR count). The van der Waals surface area contributed by atoms with Crippen molar-refractivity contribution in [3.8, 4) is 0 Å². The average molecular weight is 275 g/mol. The molecule has 1 unspecified atom stereocenters. The first-order valence-electron chi connectivity index (χ1n) is 6.78. The van der Waals surface area contributed by atoms with Crippen molar-refractivity contribution in [3.63, 3.8) is 0 Å². The summed E-state index contributed by atoms with van der Waals surface area (Å²) in [6.07, 6.45) is 1.22. The average Bonchev–Trinajstić information content (AvgIpc) is 2.44. The van der Waals surface area contributed by atoms with Crippen LogP contribution < -0.4 is 5.73 Å². The van der Waals surface area contributed by atoms with E-state index in [4.69, 9.17) is 5.73 Å². The summed E-state index contributed by atoms with van der Waals surface area (Å²) in [4.78, 5) is 0. The Kier molecular flexibility index (Phi) is 4.85. The zero-order valence-corrected chi connectivity index (χ0v) is 11.6. The van der Waals surface area contributed by atoms with Crippen molar-refractivity contribution < 1.29 is 8.78 Å². The first-order chi connectivity index (χ1) is 9.58. The van der Waals surface area contributed by atoms with Crippen molar-refractivity contribution >= 4 is 0 Å². The van der Waals surface area contributed by atoms with Gasteiger partial charge in [-0.3, -0.25) is 0 Å². The lowest BCUT2D eigenvalue weighted by Gasteiger charge is -2.15. The third-order valence-corrected chi connectivity index (χ3v) is 3.49. The van der Waals surface area contributed by atoms with Crippen LogP contribution in [0.15, 0.2) is 42.5 Å². The van der Waals surface area contributed by atoms with Gasteiger partial charge in [-0.15, -0.1) is 0 Å². The van der Waals surface area contributed by atoms with Crippen molar-refractivity contribution in [3.05, 3.63) is 70.8 Å². The highest BCUT2D eigenvalue weighted by atomic mass is 19.1. The number of hydrogen-bond donors (Lipinski definition) is 1. The van der Waals surface area contributed by atoms with Gasteiger partial charge in [0, 0.05) is 0 Å². The zero-order chi connectivity index (χ0) is 14.5. The second-order valence-corrected chi connectivity index (χ2v) is 5.23. The summed E-state index contributed by atoms with van der Waals surface area (Å²) in [5, 5.41) is 0. The Morgan fingerprint density at radius 1 is 1.00 bits per heavy atom. The molecule has 0 amide bonds. The van der Waals surface area contributed by atoms with Crippen LogP contribution in [0.25, 0.3) is 0 Å². The molecule has 2 aromatic rings. The minimum absolute atomic E-state index is 0.106. The van der Waals surface area contributed by atoms with Crippen molar-refractivity contribution in [2.75, 3.05) is 6.54 Å². The van der Waals surface area contributed by atoms with Gasteiger partial charge >= 0.3 is 0 Å². The topological polar surface area (TPSA) is 26.0 Å². The molecule has 0 spiro atoms. The van der Waals surface area contributed by atoms with E-state index in [1.165, 1.54) is 23.3 Å². The number of rotatable bonds is 5. The number of aryl methyl sites for hydroxylation is 1. The highest BCUT2D eigenvalue weighted by Gasteiger charge is 2.12. The van der Waals surface area contributed by atoms with Gasteiger partial charge in [-0.2, -0.15) is 0 Å². The van der Waals surface area contributed by atoms with Gasteiger partial charge in [0.2, 0.25) is 0 Å². The first kappa shape index (κ1) is 14.7. The van der Waals surface area contributed by atoms with Crippen molar-refractivity contribution in [1.29, 1.82) is 0 Å². The van der Waals surface area contributed by atoms with Gasteiger partial charge in [0.15, 0.2) is 0 Å². The highest BCUT2D eigenvalue weighted by Crippen LogP contribution is 2.18. The monoisotopic (exact) mass is 275 g/mol. The second-order valence-electron chi connectivity index (χ2n) is 5.23. The molecule has 0 aliphatic heterocycles. The molecule has 0 saturated heterocycles. The number of halogens is 2. The number of hydrogen-bond acceptors (Lipinski definition) is 1. The molecule has 1 atom stereocenters.